The van der Waals surface area contributed by atoms with E-state index in [9.17, 15) is 8.42 Å². The lowest BCUT2D eigenvalue weighted by Crippen LogP contribution is -2.25. The Morgan fingerprint density at radius 2 is 1.96 bits per heavy atom. The SMILES string of the molecule is COc1ccc(Cc2nsc(NCCCNS(=O)(=O)c3cccs3)n2)cc1. The van der Waals surface area contributed by atoms with Gasteiger partial charge in [0.25, 0.3) is 0 Å². The minimum absolute atomic E-state index is 0.336. The molecule has 0 unspecified atom stereocenters. The minimum Gasteiger partial charge on any atom is -0.497 e. The second-order valence-electron chi connectivity index (χ2n) is 5.65. The number of ether oxygens (including phenoxy) is 1. The van der Waals surface area contributed by atoms with Crippen molar-refractivity contribution in [3.05, 3.63) is 53.2 Å². The van der Waals surface area contributed by atoms with Gasteiger partial charge < -0.3 is 10.1 Å². The smallest absolute Gasteiger partial charge is 0.250 e. The second kappa shape index (κ2) is 9.27. The normalized spacial score (nSPS) is 11.4. The van der Waals surface area contributed by atoms with E-state index in [2.05, 4.69) is 19.4 Å². The highest BCUT2D eigenvalue weighted by molar-refractivity contribution is 7.91. The van der Waals surface area contributed by atoms with Crippen LogP contribution in [-0.4, -0.2) is 38.0 Å². The Bertz CT molecular complexity index is 938. The first kappa shape index (κ1) is 19.7. The van der Waals surface area contributed by atoms with E-state index >= 15 is 0 Å². The molecule has 10 heteroatoms. The number of nitrogens with zero attached hydrogens (tertiary/aromatic N) is 2. The van der Waals surface area contributed by atoms with E-state index in [-0.39, 0.29) is 0 Å². The maximum Gasteiger partial charge on any atom is 0.250 e. The molecule has 0 amide bonds. The van der Waals surface area contributed by atoms with Gasteiger partial charge in [0.05, 0.1) is 7.11 Å². The van der Waals surface area contributed by atoms with Crippen LogP contribution in [0.3, 0.4) is 0 Å². The molecule has 0 saturated heterocycles. The Kier molecular flexibility index (Phi) is 6.78. The number of aromatic nitrogens is 2. The molecule has 2 heterocycles. The Morgan fingerprint density at radius 1 is 1.15 bits per heavy atom. The third-order valence-electron chi connectivity index (χ3n) is 3.67. The maximum absolute atomic E-state index is 12.0. The third-order valence-corrected chi connectivity index (χ3v) is 7.24. The van der Waals surface area contributed by atoms with Crippen LogP contribution < -0.4 is 14.8 Å². The zero-order valence-corrected chi connectivity index (χ0v) is 17.2. The zero-order chi connectivity index (χ0) is 19.1. The highest BCUT2D eigenvalue weighted by Crippen LogP contribution is 2.17. The fraction of sp³-hybridized carbons (Fsp3) is 0.294. The summed E-state index contributed by atoms with van der Waals surface area (Å²) < 4.78 is 36.4. The van der Waals surface area contributed by atoms with Crippen LogP contribution in [0.4, 0.5) is 5.13 Å². The number of thiophene rings is 1. The van der Waals surface area contributed by atoms with Crippen LogP contribution >= 0.6 is 22.9 Å². The molecule has 3 aromatic rings. The van der Waals surface area contributed by atoms with Gasteiger partial charge in [-0.15, -0.1) is 11.3 Å². The molecule has 27 heavy (non-hydrogen) atoms. The Balaban J connectivity index is 1.40. The summed E-state index contributed by atoms with van der Waals surface area (Å²) in [5, 5.41) is 5.66. The molecule has 0 radical (unpaired) electrons. The van der Waals surface area contributed by atoms with E-state index in [1.54, 1.807) is 24.6 Å². The van der Waals surface area contributed by atoms with Gasteiger partial charge in [0.1, 0.15) is 15.8 Å². The van der Waals surface area contributed by atoms with Gasteiger partial charge in [0, 0.05) is 31.0 Å². The molecule has 7 nitrogen and oxygen atoms in total. The van der Waals surface area contributed by atoms with Crippen molar-refractivity contribution >= 4 is 38.0 Å². The van der Waals surface area contributed by atoms with Gasteiger partial charge in [-0.25, -0.2) is 18.1 Å². The number of hydrogen-bond donors (Lipinski definition) is 2. The summed E-state index contributed by atoms with van der Waals surface area (Å²) in [7, 11) is -1.75. The van der Waals surface area contributed by atoms with Crippen LogP contribution in [0.2, 0.25) is 0 Å². The molecule has 0 saturated carbocycles. The number of nitrogens with one attached hydrogen (secondary N) is 2. The lowest BCUT2D eigenvalue weighted by Gasteiger charge is -2.05. The molecule has 1 aromatic carbocycles. The van der Waals surface area contributed by atoms with Crippen LogP contribution in [0.5, 0.6) is 5.75 Å². The first-order valence-electron chi connectivity index (χ1n) is 8.29. The summed E-state index contributed by atoms with van der Waals surface area (Å²) in [6, 6.07) is 11.1. The summed E-state index contributed by atoms with van der Waals surface area (Å²) in [6.45, 7) is 0.981. The monoisotopic (exact) mass is 424 g/mol. The van der Waals surface area contributed by atoms with E-state index < -0.39 is 10.0 Å². The maximum atomic E-state index is 12.0. The van der Waals surface area contributed by atoms with Crippen LogP contribution in [0.25, 0.3) is 0 Å². The average Bonchev–Trinajstić information content (AvgIpc) is 3.34. The van der Waals surface area contributed by atoms with Gasteiger partial charge >= 0.3 is 0 Å². The summed E-state index contributed by atoms with van der Waals surface area (Å²) in [4.78, 5) is 4.46. The van der Waals surface area contributed by atoms with Crippen molar-refractivity contribution in [2.45, 2.75) is 17.1 Å². The Labute approximate surface area is 166 Å². The molecule has 2 aromatic heterocycles. The zero-order valence-electron chi connectivity index (χ0n) is 14.7. The summed E-state index contributed by atoms with van der Waals surface area (Å²) in [5.74, 6) is 1.58. The molecule has 144 valence electrons. The lowest BCUT2D eigenvalue weighted by atomic mass is 10.1. The predicted octanol–water partition coefficient (Wildman–Crippen LogP) is 2.98. The van der Waals surface area contributed by atoms with Gasteiger partial charge in [-0.3, -0.25) is 0 Å². The van der Waals surface area contributed by atoms with Gasteiger partial charge in [-0.05, 0) is 35.6 Å². The molecular formula is C17H20N4O3S3. The molecule has 0 atom stereocenters. The average molecular weight is 425 g/mol. The van der Waals surface area contributed by atoms with Gasteiger partial charge in [0.2, 0.25) is 15.2 Å². The highest BCUT2D eigenvalue weighted by Gasteiger charge is 2.13. The first-order valence-corrected chi connectivity index (χ1v) is 11.4. The number of sulfonamides is 1. The van der Waals surface area contributed by atoms with E-state index in [1.807, 2.05) is 24.3 Å². The Morgan fingerprint density at radius 3 is 2.67 bits per heavy atom. The molecule has 0 aliphatic heterocycles. The summed E-state index contributed by atoms with van der Waals surface area (Å²) in [5.41, 5.74) is 1.11. The van der Waals surface area contributed by atoms with Crippen LogP contribution in [0, 0.1) is 0 Å². The lowest BCUT2D eigenvalue weighted by molar-refractivity contribution is 0.414. The molecular weight excluding hydrogens is 404 g/mol. The number of hydrogen-bond acceptors (Lipinski definition) is 8. The van der Waals surface area contributed by atoms with E-state index in [0.29, 0.717) is 30.1 Å². The van der Waals surface area contributed by atoms with E-state index in [1.165, 1.54) is 22.9 Å². The number of benzene rings is 1. The van der Waals surface area contributed by atoms with Crippen molar-refractivity contribution < 1.29 is 13.2 Å². The molecule has 0 spiro atoms. The fourth-order valence-corrected chi connectivity index (χ4v) is 5.02. The van der Waals surface area contributed by atoms with Gasteiger partial charge in [-0.1, -0.05) is 18.2 Å². The molecule has 0 fully saturated rings. The molecule has 2 N–H and O–H groups in total. The quantitative estimate of drug-likeness (QED) is 0.486. The molecule has 0 aliphatic rings. The first-order chi connectivity index (χ1) is 13.1. The van der Waals surface area contributed by atoms with Crippen molar-refractivity contribution in [2.75, 3.05) is 25.5 Å². The van der Waals surface area contributed by atoms with Crippen LogP contribution in [0.15, 0.2) is 46.0 Å². The largest absolute Gasteiger partial charge is 0.497 e. The predicted molar refractivity (Wildman–Crippen MR) is 108 cm³/mol. The van der Waals surface area contributed by atoms with Crippen LogP contribution in [-0.2, 0) is 16.4 Å². The van der Waals surface area contributed by atoms with Crippen molar-refractivity contribution in [3.8, 4) is 5.75 Å². The molecule has 0 bridgehead atoms. The van der Waals surface area contributed by atoms with Crippen molar-refractivity contribution in [1.29, 1.82) is 0 Å². The van der Waals surface area contributed by atoms with E-state index in [0.717, 1.165) is 22.3 Å². The second-order valence-corrected chi connectivity index (χ2v) is 9.34. The minimum atomic E-state index is -3.39. The van der Waals surface area contributed by atoms with E-state index in [4.69, 9.17) is 4.74 Å². The standard InChI is InChI=1S/C17H20N4O3S3/c1-24-14-7-5-13(6-8-14)12-15-20-17(26-21-15)18-9-3-10-19-27(22,23)16-4-2-11-25-16/h2,4-8,11,19H,3,9-10,12H2,1H3,(H,18,20,21). The highest BCUT2D eigenvalue weighted by atomic mass is 32.2. The summed E-state index contributed by atoms with van der Waals surface area (Å²) >= 11 is 2.51. The Hall–Kier alpha value is -2.01. The van der Waals surface area contributed by atoms with Crippen LogP contribution in [0.1, 0.15) is 17.8 Å². The fourth-order valence-electron chi connectivity index (χ4n) is 2.30. The van der Waals surface area contributed by atoms with Gasteiger partial charge in [-0.2, -0.15) is 4.37 Å². The number of anilines is 1. The number of methoxy groups -OCH3 is 1. The topological polar surface area (TPSA) is 93.2 Å². The molecule has 0 aliphatic carbocycles. The van der Waals surface area contributed by atoms with Gasteiger partial charge in [0.15, 0.2) is 0 Å². The van der Waals surface area contributed by atoms with Crippen molar-refractivity contribution in [3.63, 3.8) is 0 Å². The third kappa shape index (κ3) is 5.73. The number of rotatable bonds is 10. The van der Waals surface area contributed by atoms with Crippen molar-refractivity contribution in [2.24, 2.45) is 0 Å². The summed E-state index contributed by atoms with van der Waals surface area (Å²) in [6.07, 6.45) is 1.31. The van der Waals surface area contributed by atoms with Crippen molar-refractivity contribution in [1.82, 2.24) is 14.1 Å². The molecule has 3 rings (SSSR count).